The molecule has 4 rings (SSSR count). The maximum atomic E-state index is 13.1. The van der Waals surface area contributed by atoms with E-state index >= 15 is 0 Å². The van der Waals surface area contributed by atoms with Crippen molar-refractivity contribution in [2.75, 3.05) is 5.75 Å². The van der Waals surface area contributed by atoms with Crippen molar-refractivity contribution >= 4 is 34.5 Å². The number of nitrogens with two attached hydrogens (primary N) is 1. The van der Waals surface area contributed by atoms with E-state index in [9.17, 15) is 18.0 Å². The molecule has 27 heavy (non-hydrogen) atoms. The first-order valence-electron chi connectivity index (χ1n) is 8.15. The number of thioether (sulfide) groups is 1. The predicted octanol–water partition coefficient (Wildman–Crippen LogP) is 3.52. The third-order valence-corrected chi connectivity index (χ3v) is 6.11. The van der Waals surface area contributed by atoms with Crippen LogP contribution in [0.15, 0.2) is 23.4 Å². The molecular formula is C16H14F3N5OS2. The number of Topliss-reactive ketones (excluding diaryl/α,β-unsaturated/α-hetero) is 1. The third kappa shape index (κ3) is 3.85. The smallest absolute Gasteiger partial charge is 0.326 e. The SMILES string of the molecule is NCc1ccc(C(=O)CSc2nc(C(F)(F)F)nc3cc(C4CC4)nn23)s1. The van der Waals surface area contributed by atoms with Gasteiger partial charge >= 0.3 is 6.18 Å². The van der Waals surface area contributed by atoms with Crippen LogP contribution in [0, 0.1) is 0 Å². The summed E-state index contributed by atoms with van der Waals surface area (Å²) in [6.07, 6.45) is -2.74. The van der Waals surface area contributed by atoms with Gasteiger partial charge in [0.2, 0.25) is 5.82 Å². The Morgan fingerprint density at radius 1 is 1.33 bits per heavy atom. The van der Waals surface area contributed by atoms with Gasteiger partial charge in [0.15, 0.2) is 16.6 Å². The summed E-state index contributed by atoms with van der Waals surface area (Å²) in [6, 6.07) is 5.00. The van der Waals surface area contributed by atoms with Crippen LogP contribution >= 0.6 is 23.1 Å². The third-order valence-electron chi connectivity index (χ3n) is 4.03. The van der Waals surface area contributed by atoms with E-state index in [1.807, 2.05) is 0 Å². The number of nitrogens with zero attached hydrogens (tertiary/aromatic N) is 4. The molecule has 0 atom stereocenters. The summed E-state index contributed by atoms with van der Waals surface area (Å²) in [4.78, 5) is 20.9. The quantitative estimate of drug-likeness (QED) is 0.492. The molecule has 0 aromatic carbocycles. The van der Waals surface area contributed by atoms with Gasteiger partial charge in [-0.25, -0.2) is 4.98 Å². The first kappa shape index (κ1) is 18.4. The summed E-state index contributed by atoms with van der Waals surface area (Å²) in [6.45, 7) is 0.337. The Bertz CT molecular complexity index is 1010. The number of hydrogen-bond acceptors (Lipinski definition) is 7. The molecule has 0 bridgehead atoms. The minimum absolute atomic E-state index is 0.00294. The van der Waals surface area contributed by atoms with Crippen LogP contribution in [-0.2, 0) is 12.7 Å². The second-order valence-corrected chi connectivity index (χ2v) is 8.23. The molecule has 0 aliphatic heterocycles. The molecule has 0 unspecified atom stereocenters. The van der Waals surface area contributed by atoms with E-state index < -0.39 is 12.0 Å². The first-order chi connectivity index (χ1) is 12.8. The van der Waals surface area contributed by atoms with Gasteiger partial charge in [0.25, 0.3) is 0 Å². The number of carbonyl (C=O) groups excluding carboxylic acids is 1. The fraction of sp³-hybridized carbons (Fsp3) is 0.375. The fourth-order valence-corrected chi connectivity index (χ4v) is 4.26. The molecule has 11 heteroatoms. The Labute approximate surface area is 160 Å². The lowest BCUT2D eigenvalue weighted by atomic mass is 10.3. The molecule has 2 N–H and O–H groups in total. The lowest BCUT2D eigenvalue weighted by molar-refractivity contribution is -0.145. The van der Waals surface area contributed by atoms with Gasteiger partial charge in [0.05, 0.1) is 16.3 Å². The van der Waals surface area contributed by atoms with Gasteiger partial charge in [0.1, 0.15) is 0 Å². The average Bonchev–Trinajstić information content (AvgIpc) is 3.20. The number of aromatic nitrogens is 4. The van der Waals surface area contributed by atoms with Gasteiger partial charge in [-0.3, -0.25) is 4.79 Å². The standard InChI is InChI=1S/C16H14F3N5OS2/c17-16(18,19)14-21-13-5-10(8-1-2-8)23-24(13)15(22-14)26-7-11(25)12-4-3-9(6-20)27-12/h3-5,8H,1-2,6-7,20H2. The number of thiophene rings is 1. The number of carbonyl (C=O) groups is 1. The van der Waals surface area contributed by atoms with Gasteiger partial charge in [-0.15, -0.1) is 11.3 Å². The normalized spacial score (nSPS) is 14.8. The van der Waals surface area contributed by atoms with Crippen LogP contribution in [0.25, 0.3) is 5.65 Å². The van der Waals surface area contributed by atoms with Gasteiger partial charge in [0, 0.05) is 23.4 Å². The molecule has 3 heterocycles. The number of rotatable bonds is 6. The monoisotopic (exact) mass is 413 g/mol. The van der Waals surface area contributed by atoms with E-state index in [-0.39, 0.29) is 28.3 Å². The highest BCUT2D eigenvalue weighted by atomic mass is 32.2. The molecule has 3 aromatic heterocycles. The lowest BCUT2D eigenvalue weighted by Crippen LogP contribution is -2.14. The topological polar surface area (TPSA) is 86.2 Å². The number of alkyl halides is 3. The van der Waals surface area contributed by atoms with E-state index in [0.29, 0.717) is 17.1 Å². The van der Waals surface area contributed by atoms with Gasteiger partial charge in [-0.05, 0) is 25.0 Å². The zero-order valence-corrected chi connectivity index (χ0v) is 15.5. The van der Waals surface area contributed by atoms with Gasteiger partial charge in [-0.1, -0.05) is 11.8 Å². The van der Waals surface area contributed by atoms with Crippen LogP contribution in [-0.4, -0.2) is 31.1 Å². The molecule has 0 amide bonds. The maximum Gasteiger partial charge on any atom is 0.451 e. The Hall–Kier alpha value is -1.98. The van der Waals surface area contributed by atoms with Crippen molar-refractivity contribution in [1.29, 1.82) is 0 Å². The van der Waals surface area contributed by atoms with Crippen molar-refractivity contribution in [1.82, 2.24) is 19.6 Å². The minimum atomic E-state index is -4.67. The number of fused-ring (bicyclic) bond motifs is 1. The van der Waals surface area contributed by atoms with Crippen molar-refractivity contribution in [3.05, 3.63) is 39.5 Å². The fourth-order valence-electron chi connectivity index (χ4n) is 2.52. The highest BCUT2D eigenvalue weighted by molar-refractivity contribution is 7.99. The molecule has 1 aliphatic rings. The minimum Gasteiger partial charge on any atom is -0.326 e. The van der Waals surface area contributed by atoms with Crippen LogP contribution in [0.4, 0.5) is 13.2 Å². The summed E-state index contributed by atoms with van der Waals surface area (Å²) >= 11 is 2.20. The van der Waals surface area contributed by atoms with Crippen molar-refractivity contribution in [2.24, 2.45) is 5.73 Å². The Morgan fingerprint density at radius 3 is 2.74 bits per heavy atom. The lowest BCUT2D eigenvalue weighted by Gasteiger charge is -2.08. The summed E-state index contributed by atoms with van der Waals surface area (Å²) in [7, 11) is 0. The molecule has 1 aliphatic carbocycles. The summed E-state index contributed by atoms with van der Waals surface area (Å²) in [5.41, 5.74) is 6.34. The Morgan fingerprint density at radius 2 is 2.11 bits per heavy atom. The van der Waals surface area contributed by atoms with Gasteiger partial charge in [-0.2, -0.15) is 27.8 Å². The van der Waals surface area contributed by atoms with Crippen LogP contribution in [0.2, 0.25) is 0 Å². The number of hydrogen-bond donors (Lipinski definition) is 1. The first-order valence-corrected chi connectivity index (χ1v) is 9.95. The van der Waals surface area contributed by atoms with Gasteiger partial charge < -0.3 is 5.73 Å². The van der Waals surface area contributed by atoms with Crippen LogP contribution in [0.5, 0.6) is 0 Å². The van der Waals surface area contributed by atoms with Crippen LogP contribution < -0.4 is 5.73 Å². The summed E-state index contributed by atoms with van der Waals surface area (Å²) in [5, 5.41) is 4.35. The average molecular weight is 413 g/mol. The highest BCUT2D eigenvalue weighted by Crippen LogP contribution is 2.40. The molecule has 0 saturated heterocycles. The van der Waals surface area contributed by atoms with E-state index in [1.165, 1.54) is 15.9 Å². The Kier molecular flexibility index (Phi) is 4.68. The second kappa shape index (κ2) is 6.88. The van der Waals surface area contributed by atoms with E-state index in [1.54, 1.807) is 18.2 Å². The molecule has 6 nitrogen and oxygen atoms in total. The van der Waals surface area contributed by atoms with Crippen molar-refractivity contribution in [3.63, 3.8) is 0 Å². The van der Waals surface area contributed by atoms with Crippen molar-refractivity contribution in [2.45, 2.75) is 36.6 Å². The highest BCUT2D eigenvalue weighted by Gasteiger charge is 2.36. The van der Waals surface area contributed by atoms with Crippen molar-refractivity contribution in [3.8, 4) is 0 Å². The maximum absolute atomic E-state index is 13.1. The summed E-state index contributed by atoms with van der Waals surface area (Å²) in [5.74, 6) is -1.21. The largest absolute Gasteiger partial charge is 0.451 e. The zero-order chi connectivity index (χ0) is 19.2. The summed E-state index contributed by atoms with van der Waals surface area (Å²) < 4.78 is 40.7. The second-order valence-electron chi connectivity index (χ2n) is 6.12. The molecule has 142 valence electrons. The van der Waals surface area contributed by atoms with Crippen LogP contribution in [0.3, 0.4) is 0 Å². The molecule has 1 saturated carbocycles. The molecule has 0 spiro atoms. The van der Waals surface area contributed by atoms with E-state index in [4.69, 9.17) is 5.73 Å². The molecule has 3 aromatic rings. The predicted molar refractivity (Wildman–Crippen MR) is 95.0 cm³/mol. The number of halogens is 3. The van der Waals surface area contributed by atoms with E-state index in [0.717, 1.165) is 29.5 Å². The Balaban J connectivity index is 1.63. The van der Waals surface area contributed by atoms with Crippen molar-refractivity contribution < 1.29 is 18.0 Å². The van der Waals surface area contributed by atoms with E-state index in [2.05, 4.69) is 15.1 Å². The molecule has 0 radical (unpaired) electrons. The van der Waals surface area contributed by atoms with Crippen LogP contribution in [0.1, 0.15) is 44.8 Å². The molecule has 1 fully saturated rings. The number of ketones is 1. The molecular weight excluding hydrogens is 399 g/mol. The zero-order valence-electron chi connectivity index (χ0n) is 13.9.